The highest BCUT2D eigenvalue weighted by Crippen LogP contribution is 2.44. The summed E-state index contributed by atoms with van der Waals surface area (Å²) in [6.45, 7) is 12.2. The summed E-state index contributed by atoms with van der Waals surface area (Å²) in [5.74, 6) is -0.120. The van der Waals surface area contributed by atoms with Gasteiger partial charge in [-0.05, 0) is 36.3 Å². The number of likely N-dealkylation sites (N-methyl/N-ethyl adjacent to an activating group) is 1. The van der Waals surface area contributed by atoms with E-state index in [1.165, 1.54) is 11.3 Å². The quantitative estimate of drug-likeness (QED) is 0.603. The van der Waals surface area contributed by atoms with E-state index in [-0.39, 0.29) is 16.8 Å². The minimum atomic E-state index is -0.549. The van der Waals surface area contributed by atoms with Gasteiger partial charge >= 0.3 is 0 Å². The second kappa shape index (κ2) is 5.53. The number of hydrogen-bond donors (Lipinski definition) is 0. The number of benzene rings is 1. The molecule has 122 valence electrons. The first-order valence-electron chi connectivity index (χ1n) is 8.04. The van der Waals surface area contributed by atoms with Crippen LogP contribution in [0.4, 0.5) is 5.69 Å². The Morgan fingerprint density at radius 1 is 1.35 bits per heavy atom. The van der Waals surface area contributed by atoms with Crippen LogP contribution in [0.1, 0.15) is 52.7 Å². The van der Waals surface area contributed by atoms with Crippen molar-refractivity contribution >= 4 is 17.5 Å². The molecule has 0 aromatic heterocycles. The van der Waals surface area contributed by atoms with E-state index in [0.717, 1.165) is 5.56 Å². The Balaban J connectivity index is 2.49. The number of allylic oxidation sites excluding steroid dienone is 1. The lowest BCUT2D eigenvalue weighted by atomic mass is 9.80. The van der Waals surface area contributed by atoms with Gasteiger partial charge in [0.25, 0.3) is 0 Å². The molecule has 0 amide bonds. The van der Waals surface area contributed by atoms with E-state index in [9.17, 15) is 10.1 Å². The van der Waals surface area contributed by atoms with Crippen molar-refractivity contribution in [2.75, 3.05) is 11.9 Å². The molecular formula is C20H26N2O. The van der Waals surface area contributed by atoms with Gasteiger partial charge in [0.15, 0.2) is 5.78 Å². The highest BCUT2D eigenvalue weighted by Gasteiger charge is 2.40. The Bertz CT molecular complexity index is 714. The van der Waals surface area contributed by atoms with Gasteiger partial charge in [-0.2, -0.15) is 5.26 Å². The number of nitriles is 1. The van der Waals surface area contributed by atoms with Crippen LogP contribution in [0.5, 0.6) is 0 Å². The Hall–Kier alpha value is -2.08. The summed E-state index contributed by atoms with van der Waals surface area (Å²) in [5, 5.41) is 9.35. The fraction of sp³-hybridized carbons (Fsp3) is 0.500. The summed E-state index contributed by atoms with van der Waals surface area (Å²) in [7, 11) is 2.11. The molecule has 1 aromatic carbocycles. The zero-order chi connectivity index (χ0) is 17.6. The molecule has 0 spiro atoms. The number of fused-ring (bicyclic) bond motifs is 1. The smallest absolute Gasteiger partial charge is 0.178 e. The zero-order valence-electron chi connectivity index (χ0n) is 15.2. The molecule has 0 N–H and O–H groups in total. The monoisotopic (exact) mass is 310 g/mol. The van der Waals surface area contributed by atoms with Gasteiger partial charge in [-0.25, -0.2) is 0 Å². The highest BCUT2D eigenvalue weighted by atomic mass is 16.1. The van der Waals surface area contributed by atoms with Crippen LogP contribution in [-0.4, -0.2) is 18.9 Å². The average Bonchev–Trinajstić information content (AvgIpc) is 2.64. The van der Waals surface area contributed by atoms with Crippen LogP contribution in [0.15, 0.2) is 23.8 Å². The van der Waals surface area contributed by atoms with Gasteiger partial charge in [-0.15, -0.1) is 0 Å². The summed E-state index contributed by atoms with van der Waals surface area (Å²) in [5.41, 5.74) is 3.10. The summed E-state index contributed by atoms with van der Waals surface area (Å²) in [4.78, 5) is 14.7. The van der Waals surface area contributed by atoms with Gasteiger partial charge in [-0.1, -0.05) is 40.7 Å². The van der Waals surface area contributed by atoms with Crippen molar-refractivity contribution in [2.24, 2.45) is 5.41 Å². The van der Waals surface area contributed by atoms with E-state index in [1.54, 1.807) is 6.08 Å². The van der Waals surface area contributed by atoms with Gasteiger partial charge in [0.2, 0.25) is 0 Å². The summed E-state index contributed by atoms with van der Waals surface area (Å²) >= 11 is 0. The van der Waals surface area contributed by atoms with Crippen LogP contribution < -0.4 is 4.90 Å². The average molecular weight is 310 g/mol. The van der Waals surface area contributed by atoms with Gasteiger partial charge < -0.3 is 4.90 Å². The third-order valence-electron chi connectivity index (χ3n) is 5.08. The van der Waals surface area contributed by atoms with Crippen LogP contribution in [-0.2, 0) is 10.2 Å². The van der Waals surface area contributed by atoms with E-state index in [0.29, 0.717) is 6.04 Å². The van der Waals surface area contributed by atoms with E-state index < -0.39 is 5.41 Å². The third kappa shape index (κ3) is 2.91. The normalized spacial score (nSPS) is 20.2. The van der Waals surface area contributed by atoms with Crippen molar-refractivity contribution in [3.63, 3.8) is 0 Å². The molecule has 1 aromatic rings. The third-order valence-corrected chi connectivity index (χ3v) is 5.08. The molecule has 0 bridgehead atoms. The van der Waals surface area contributed by atoms with Crippen molar-refractivity contribution in [3.8, 4) is 6.07 Å². The van der Waals surface area contributed by atoms with Gasteiger partial charge in [-0.3, -0.25) is 4.79 Å². The van der Waals surface area contributed by atoms with Crippen LogP contribution in [0.2, 0.25) is 0 Å². The number of Topliss-reactive ketones (excluding diaryl/α,β-unsaturated/α-hetero) is 1. The fourth-order valence-corrected chi connectivity index (χ4v) is 3.10. The van der Waals surface area contributed by atoms with Gasteiger partial charge in [0, 0.05) is 29.6 Å². The maximum absolute atomic E-state index is 12.4. The summed E-state index contributed by atoms with van der Waals surface area (Å²) in [6, 6.07) is 8.65. The molecule has 0 aliphatic carbocycles. The Morgan fingerprint density at radius 3 is 2.48 bits per heavy atom. The molecule has 0 radical (unpaired) electrons. The van der Waals surface area contributed by atoms with E-state index in [1.807, 2.05) is 26.8 Å². The second-order valence-corrected chi connectivity index (χ2v) is 8.03. The second-order valence-electron chi connectivity index (χ2n) is 8.03. The van der Waals surface area contributed by atoms with E-state index >= 15 is 0 Å². The first-order valence-corrected chi connectivity index (χ1v) is 8.04. The lowest BCUT2D eigenvalue weighted by Crippen LogP contribution is -2.36. The van der Waals surface area contributed by atoms with Crippen LogP contribution in [0, 0.1) is 16.7 Å². The Kier molecular flexibility index (Phi) is 4.15. The predicted octanol–water partition coefficient (Wildman–Crippen LogP) is 4.32. The highest BCUT2D eigenvalue weighted by molar-refractivity contribution is 6.06. The maximum Gasteiger partial charge on any atom is 0.178 e. The van der Waals surface area contributed by atoms with E-state index in [2.05, 4.69) is 50.9 Å². The minimum absolute atomic E-state index is 0.0365. The molecule has 1 aliphatic rings. The number of anilines is 1. The van der Waals surface area contributed by atoms with Crippen LogP contribution in [0.3, 0.4) is 0 Å². The summed E-state index contributed by atoms with van der Waals surface area (Å²) < 4.78 is 0. The molecule has 3 heteroatoms. The molecule has 0 unspecified atom stereocenters. The van der Waals surface area contributed by atoms with Crippen LogP contribution in [0.25, 0.3) is 6.08 Å². The van der Waals surface area contributed by atoms with Crippen molar-refractivity contribution in [1.82, 2.24) is 0 Å². The van der Waals surface area contributed by atoms with Crippen molar-refractivity contribution in [3.05, 3.63) is 34.9 Å². The number of rotatable bonds is 2. The fourth-order valence-electron chi connectivity index (χ4n) is 3.10. The van der Waals surface area contributed by atoms with Gasteiger partial charge in [0.1, 0.15) is 6.07 Å². The van der Waals surface area contributed by atoms with E-state index in [4.69, 9.17) is 0 Å². The predicted molar refractivity (Wildman–Crippen MR) is 95.4 cm³/mol. The van der Waals surface area contributed by atoms with Crippen molar-refractivity contribution in [2.45, 2.75) is 53.0 Å². The number of carbonyl (C=O) groups is 1. The Labute approximate surface area is 139 Å². The number of hydrogen-bond acceptors (Lipinski definition) is 3. The molecular weight excluding hydrogens is 284 g/mol. The maximum atomic E-state index is 12.4. The lowest BCUT2D eigenvalue weighted by Gasteiger charge is -2.28. The molecule has 0 saturated carbocycles. The number of carbonyl (C=O) groups excluding carboxylic acids is 1. The number of nitrogens with zero attached hydrogens (tertiary/aromatic N) is 2. The molecule has 0 saturated heterocycles. The zero-order valence-corrected chi connectivity index (χ0v) is 15.2. The standard InChI is InChI=1S/C20H26N2O/c1-13-20(5,6)16-11-14(8-9-17(16)22(13)7)10-15(12-21)18(23)19(2,3)4/h8-11,13H,1-7H3/b15-10+/t13-/m1/s1. The lowest BCUT2D eigenvalue weighted by molar-refractivity contribution is -0.121. The molecule has 1 heterocycles. The molecule has 1 atom stereocenters. The molecule has 2 rings (SSSR count). The SMILES string of the molecule is C[C@H]1N(C)c2ccc(/C=C(\C#N)C(=O)C(C)(C)C)cc2C1(C)C. The molecule has 23 heavy (non-hydrogen) atoms. The first kappa shape index (κ1) is 17.3. The minimum Gasteiger partial charge on any atom is -0.371 e. The molecule has 0 fully saturated rings. The largest absolute Gasteiger partial charge is 0.371 e. The van der Waals surface area contributed by atoms with Crippen molar-refractivity contribution in [1.29, 1.82) is 5.26 Å². The molecule has 1 aliphatic heterocycles. The Morgan fingerprint density at radius 2 is 1.96 bits per heavy atom. The molecule has 3 nitrogen and oxygen atoms in total. The van der Waals surface area contributed by atoms with Crippen molar-refractivity contribution < 1.29 is 4.79 Å². The van der Waals surface area contributed by atoms with Gasteiger partial charge in [0.05, 0.1) is 5.57 Å². The number of ketones is 1. The first-order chi connectivity index (χ1) is 10.5. The topological polar surface area (TPSA) is 44.1 Å². The summed E-state index contributed by atoms with van der Waals surface area (Å²) in [6.07, 6.45) is 1.72. The van der Waals surface area contributed by atoms with Crippen LogP contribution >= 0.6 is 0 Å².